The lowest BCUT2D eigenvalue weighted by Gasteiger charge is -2.26. The summed E-state index contributed by atoms with van der Waals surface area (Å²) < 4.78 is 4.76. The summed E-state index contributed by atoms with van der Waals surface area (Å²) in [5, 5.41) is 30.3. The number of hydrogen-bond acceptors (Lipinski definition) is 9. The molecule has 15 heteroatoms. The van der Waals surface area contributed by atoms with Crippen molar-refractivity contribution < 1.29 is 48.5 Å². The molecule has 0 fully saturated rings. The molecule has 0 saturated heterocycles. The van der Waals surface area contributed by atoms with Crippen LogP contribution in [-0.2, 0) is 39.9 Å². The average Bonchev–Trinajstić information content (AvgIpc) is 2.90. The molecule has 0 saturated carbocycles. The van der Waals surface area contributed by atoms with E-state index in [2.05, 4.69) is 26.6 Å². The predicted molar refractivity (Wildman–Crippen MR) is 143 cm³/mol. The zero-order chi connectivity index (χ0) is 31.1. The zero-order valence-electron chi connectivity index (χ0n) is 23.3. The van der Waals surface area contributed by atoms with E-state index in [9.17, 15) is 38.7 Å². The van der Waals surface area contributed by atoms with Crippen molar-refractivity contribution in [2.24, 2.45) is 5.92 Å². The lowest BCUT2D eigenvalue weighted by Crippen LogP contribution is -2.58. The van der Waals surface area contributed by atoms with Gasteiger partial charge in [-0.25, -0.2) is 4.79 Å². The quantitative estimate of drug-likeness (QED) is 0.118. The third kappa shape index (κ3) is 12.8. The van der Waals surface area contributed by atoms with Crippen LogP contribution in [0.1, 0.15) is 39.7 Å². The van der Waals surface area contributed by atoms with Gasteiger partial charge in [-0.3, -0.25) is 24.0 Å². The van der Waals surface area contributed by atoms with E-state index < -0.39 is 78.7 Å². The van der Waals surface area contributed by atoms with Gasteiger partial charge in [0.2, 0.25) is 23.6 Å². The van der Waals surface area contributed by atoms with Crippen molar-refractivity contribution in [1.82, 2.24) is 26.6 Å². The van der Waals surface area contributed by atoms with E-state index in [4.69, 9.17) is 9.84 Å². The third-order valence-electron chi connectivity index (χ3n) is 5.59. The Kier molecular flexibility index (Phi) is 14.3. The number of aldehydes is 1. The summed E-state index contributed by atoms with van der Waals surface area (Å²) in [4.78, 5) is 84.4. The predicted octanol–water partition coefficient (Wildman–Crippen LogP) is -1.03. The number of aliphatic carboxylic acids is 1. The second kappa shape index (κ2) is 17.1. The first-order chi connectivity index (χ1) is 19.3. The van der Waals surface area contributed by atoms with Crippen molar-refractivity contribution in [1.29, 1.82) is 0 Å². The van der Waals surface area contributed by atoms with E-state index in [1.54, 1.807) is 32.9 Å². The molecular formula is C26H37N5O10. The first kappa shape index (κ1) is 34.3. The highest BCUT2D eigenvalue weighted by Crippen LogP contribution is 2.12. The van der Waals surface area contributed by atoms with Crippen LogP contribution < -0.4 is 26.6 Å². The molecule has 15 nitrogen and oxygen atoms in total. The van der Waals surface area contributed by atoms with E-state index in [0.29, 0.717) is 5.56 Å². The van der Waals surface area contributed by atoms with Crippen molar-refractivity contribution in [3.63, 3.8) is 0 Å². The lowest BCUT2D eigenvalue weighted by molar-refractivity contribution is -0.139. The van der Waals surface area contributed by atoms with Gasteiger partial charge in [0.25, 0.3) is 0 Å². The summed E-state index contributed by atoms with van der Waals surface area (Å²) in [5.41, 5.74) is 0.572. The van der Waals surface area contributed by atoms with Gasteiger partial charge in [0.1, 0.15) is 30.2 Å². The highest BCUT2D eigenvalue weighted by Gasteiger charge is 2.30. The van der Waals surface area contributed by atoms with E-state index in [-0.39, 0.29) is 25.1 Å². The molecule has 0 unspecified atom stereocenters. The van der Waals surface area contributed by atoms with Crippen LogP contribution in [-0.4, -0.2) is 89.5 Å². The zero-order valence-corrected chi connectivity index (χ0v) is 23.3. The number of benzene rings is 1. The number of alkyl carbamates (subject to hydrolysis) is 1. The standard InChI is InChI=1S/C26H37N5O10/c1-5-41-26(40)28-15(4)23(37)30-19(10-16-6-8-18(33)9-7-16)24(38)31-22(14(2)3)25(39)27-12-20(34)29-17(13-32)11-21(35)36/h6-9,13-15,17,19,22,33H,5,10-12H2,1-4H3,(H,27,39)(H,28,40)(H,29,34)(H,30,37)(H,31,38)(H,35,36)/t15-,17-,19-,22-/m0/s1. The minimum absolute atomic E-state index is 0.00551. The third-order valence-corrected chi connectivity index (χ3v) is 5.59. The minimum Gasteiger partial charge on any atom is -0.508 e. The first-order valence-corrected chi connectivity index (χ1v) is 12.8. The molecule has 41 heavy (non-hydrogen) atoms. The van der Waals surface area contributed by atoms with Gasteiger partial charge in [-0.1, -0.05) is 26.0 Å². The summed E-state index contributed by atoms with van der Waals surface area (Å²) in [5.74, 6) is -4.77. The molecule has 0 spiro atoms. The molecule has 0 heterocycles. The number of amides is 5. The molecule has 226 valence electrons. The molecule has 4 atom stereocenters. The normalized spacial score (nSPS) is 13.5. The Morgan fingerprint density at radius 2 is 1.54 bits per heavy atom. The topological polar surface area (TPSA) is 229 Å². The Morgan fingerprint density at radius 1 is 0.902 bits per heavy atom. The van der Waals surface area contributed by atoms with Crippen LogP contribution in [0.2, 0.25) is 0 Å². The monoisotopic (exact) mass is 579 g/mol. The first-order valence-electron chi connectivity index (χ1n) is 12.8. The molecule has 5 amide bonds. The molecule has 1 aromatic rings. The Balaban J connectivity index is 2.98. The highest BCUT2D eigenvalue weighted by atomic mass is 16.5. The fraction of sp³-hybridized carbons (Fsp3) is 0.500. The van der Waals surface area contributed by atoms with Gasteiger partial charge in [-0.05, 0) is 37.5 Å². The number of rotatable bonds is 16. The summed E-state index contributed by atoms with van der Waals surface area (Å²) >= 11 is 0. The van der Waals surface area contributed by atoms with Crippen LogP contribution in [0.5, 0.6) is 5.75 Å². The smallest absolute Gasteiger partial charge is 0.407 e. The highest BCUT2D eigenvalue weighted by molar-refractivity contribution is 5.95. The second-order valence-electron chi connectivity index (χ2n) is 9.37. The van der Waals surface area contributed by atoms with E-state index in [0.717, 1.165) is 0 Å². The fourth-order valence-electron chi connectivity index (χ4n) is 3.43. The van der Waals surface area contributed by atoms with Crippen LogP contribution in [0.3, 0.4) is 0 Å². The minimum atomic E-state index is -1.30. The molecule has 1 rings (SSSR count). The van der Waals surface area contributed by atoms with E-state index in [1.807, 2.05) is 0 Å². The number of carbonyl (C=O) groups excluding carboxylic acids is 6. The van der Waals surface area contributed by atoms with Crippen molar-refractivity contribution >= 4 is 42.0 Å². The van der Waals surface area contributed by atoms with Crippen LogP contribution in [0.25, 0.3) is 0 Å². The second-order valence-corrected chi connectivity index (χ2v) is 9.37. The SMILES string of the molecule is CCOC(=O)N[C@@H](C)C(=O)N[C@@H](Cc1ccc(O)cc1)C(=O)N[C@H](C(=O)NCC(=O)N[C@H](C=O)CC(=O)O)C(C)C. The fourth-order valence-corrected chi connectivity index (χ4v) is 3.43. The number of hydrogen-bond donors (Lipinski definition) is 7. The molecular weight excluding hydrogens is 542 g/mol. The van der Waals surface area contributed by atoms with Crippen molar-refractivity contribution in [2.75, 3.05) is 13.2 Å². The van der Waals surface area contributed by atoms with Crippen molar-refractivity contribution in [2.45, 2.75) is 64.7 Å². The Bertz CT molecular complexity index is 1090. The van der Waals surface area contributed by atoms with Gasteiger partial charge in [0.15, 0.2) is 0 Å². The summed E-state index contributed by atoms with van der Waals surface area (Å²) in [6.07, 6.45) is -1.22. The number of carbonyl (C=O) groups is 7. The number of carboxylic acids is 1. The molecule has 0 radical (unpaired) electrons. The Morgan fingerprint density at radius 3 is 2.07 bits per heavy atom. The van der Waals surface area contributed by atoms with E-state index in [1.165, 1.54) is 19.1 Å². The number of carboxylic acid groups (broad SMARTS) is 1. The van der Waals surface area contributed by atoms with Gasteiger partial charge in [-0.15, -0.1) is 0 Å². The summed E-state index contributed by atoms with van der Waals surface area (Å²) in [6.45, 7) is 5.76. The lowest BCUT2D eigenvalue weighted by atomic mass is 10.0. The van der Waals surface area contributed by atoms with Gasteiger partial charge in [-0.2, -0.15) is 0 Å². The molecule has 7 N–H and O–H groups in total. The molecule has 0 aliphatic heterocycles. The Hall–Kier alpha value is -4.69. The van der Waals surface area contributed by atoms with Gasteiger partial charge >= 0.3 is 12.1 Å². The largest absolute Gasteiger partial charge is 0.508 e. The number of phenols is 1. The maximum Gasteiger partial charge on any atom is 0.407 e. The van der Waals surface area contributed by atoms with Gasteiger partial charge in [0.05, 0.1) is 25.6 Å². The number of ether oxygens (including phenoxy) is 1. The van der Waals surface area contributed by atoms with Crippen LogP contribution >= 0.6 is 0 Å². The average molecular weight is 580 g/mol. The van der Waals surface area contributed by atoms with Crippen molar-refractivity contribution in [3.05, 3.63) is 29.8 Å². The maximum atomic E-state index is 13.3. The Labute approximate surface area is 236 Å². The number of aromatic hydroxyl groups is 1. The number of phenolic OH excluding ortho intramolecular Hbond substituents is 1. The van der Waals surface area contributed by atoms with Crippen LogP contribution in [0, 0.1) is 5.92 Å². The molecule has 1 aromatic carbocycles. The van der Waals surface area contributed by atoms with Gasteiger partial charge in [0, 0.05) is 6.42 Å². The molecule has 0 aliphatic rings. The maximum absolute atomic E-state index is 13.3. The molecule has 0 bridgehead atoms. The molecule has 0 aromatic heterocycles. The van der Waals surface area contributed by atoms with Crippen molar-refractivity contribution in [3.8, 4) is 5.75 Å². The van der Waals surface area contributed by atoms with Gasteiger partial charge < -0.3 is 46.3 Å². The number of nitrogens with one attached hydrogen (secondary N) is 5. The molecule has 0 aliphatic carbocycles. The van der Waals surface area contributed by atoms with E-state index >= 15 is 0 Å². The van der Waals surface area contributed by atoms with Crippen LogP contribution in [0.4, 0.5) is 4.79 Å². The summed E-state index contributed by atoms with van der Waals surface area (Å²) in [6, 6.07) is 1.20. The summed E-state index contributed by atoms with van der Waals surface area (Å²) in [7, 11) is 0. The van der Waals surface area contributed by atoms with Crippen LogP contribution in [0.15, 0.2) is 24.3 Å².